The van der Waals surface area contributed by atoms with Crippen molar-refractivity contribution in [2.75, 3.05) is 31.6 Å². The number of hydrogen-bond acceptors (Lipinski definition) is 7. The highest BCUT2D eigenvalue weighted by atomic mass is 16.6. The number of benzene rings is 1. The average Bonchev–Trinajstić information content (AvgIpc) is 2.75. The molecule has 9 nitrogen and oxygen atoms in total. The first-order valence-electron chi connectivity index (χ1n) is 10.1. The van der Waals surface area contributed by atoms with E-state index in [1.807, 2.05) is 4.90 Å². The predicted octanol–water partition coefficient (Wildman–Crippen LogP) is 2.34. The summed E-state index contributed by atoms with van der Waals surface area (Å²) in [5.74, 6) is -0.492. The Balaban J connectivity index is 1.67. The number of fused-ring (bicyclic) bond motifs is 1. The van der Waals surface area contributed by atoms with Crippen LogP contribution in [0.4, 0.5) is 11.4 Å². The van der Waals surface area contributed by atoms with Gasteiger partial charge in [-0.15, -0.1) is 0 Å². The molecule has 158 valence electrons. The van der Waals surface area contributed by atoms with Gasteiger partial charge >= 0.3 is 5.97 Å². The number of anilines is 1. The summed E-state index contributed by atoms with van der Waals surface area (Å²) in [5, 5.41) is 22.8. The molecule has 1 aromatic carbocycles. The number of nitro benzene ring substituents is 1. The van der Waals surface area contributed by atoms with E-state index in [-0.39, 0.29) is 43.0 Å². The molecule has 1 saturated heterocycles. The van der Waals surface area contributed by atoms with Gasteiger partial charge in [0.05, 0.1) is 17.1 Å². The Morgan fingerprint density at radius 2 is 2.00 bits per heavy atom. The molecular formula is C20H27N3O6. The number of aliphatic hydroxyl groups excluding tert-OH is 1. The van der Waals surface area contributed by atoms with Crippen LogP contribution < -0.4 is 5.32 Å². The van der Waals surface area contributed by atoms with Crippen LogP contribution in [0.25, 0.3) is 0 Å². The second kappa shape index (κ2) is 9.69. The minimum atomic E-state index is -0.806. The molecule has 2 aliphatic rings. The van der Waals surface area contributed by atoms with E-state index in [1.165, 1.54) is 18.6 Å². The van der Waals surface area contributed by atoms with Crippen molar-refractivity contribution in [3.63, 3.8) is 0 Å². The van der Waals surface area contributed by atoms with Gasteiger partial charge in [-0.25, -0.2) is 4.79 Å². The lowest BCUT2D eigenvalue weighted by Gasteiger charge is -2.44. The number of hydrogen-bond donors (Lipinski definition) is 2. The number of piperidine rings is 1. The minimum absolute atomic E-state index is 0.0327. The zero-order valence-corrected chi connectivity index (χ0v) is 16.3. The van der Waals surface area contributed by atoms with Crippen LogP contribution in [0.3, 0.4) is 0 Å². The van der Waals surface area contributed by atoms with E-state index in [4.69, 9.17) is 9.84 Å². The van der Waals surface area contributed by atoms with Crippen molar-refractivity contribution in [3.8, 4) is 0 Å². The highest BCUT2D eigenvalue weighted by molar-refractivity contribution is 5.97. The van der Waals surface area contributed by atoms with Crippen LogP contribution in [0.2, 0.25) is 0 Å². The molecule has 2 N–H and O–H groups in total. The molecule has 9 heteroatoms. The maximum Gasteiger partial charge on any atom is 0.341 e. The molecule has 2 fully saturated rings. The Labute approximate surface area is 169 Å². The SMILES string of the molecule is O=C(OCC(=O)N1CCC[C@H]2CCCC[C@@H]21)c1cc([N+](=O)[O-])ccc1NCCO. The van der Waals surface area contributed by atoms with Gasteiger partial charge in [0.1, 0.15) is 0 Å². The first-order chi connectivity index (χ1) is 14.0. The van der Waals surface area contributed by atoms with Crippen molar-refractivity contribution in [1.29, 1.82) is 0 Å². The summed E-state index contributed by atoms with van der Waals surface area (Å²) in [6.07, 6.45) is 6.54. The normalized spacial score (nSPS) is 21.2. The van der Waals surface area contributed by atoms with Gasteiger partial charge in [0, 0.05) is 37.0 Å². The van der Waals surface area contributed by atoms with Crippen molar-refractivity contribution in [2.24, 2.45) is 5.92 Å². The molecule has 2 atom stereocenters. The van der Waals surface area contributed by atoms with E-state index in [2.05, 4.69) is 5.32 Å². The molecule has 0 aromatic heterocycles. The van der Waals surface area contributed by atoms with Gasteiger partial charge in [0.2, 0.25) is 0 Å². The largest absolute Gasteiger partial charge is 0.452 e. The van der Waals surface area contributed by atoms with Gasteiger partial charge in [0.15, 0.2) is 6.61 Å². The van der Waals surface area contributed by atoms with Crippen LogP contribution in [-0.4, -0.2) is 59.2 Å². The standard InChI is InChI=1S/C20H27N3O6/c24-11-9-21-17-8-7-15(23(27)28)12-16(17)20(26)29-13-19(25)22-10-3-5-14-4-1-2-6-18(14)22/h7-8,12,14,18,21,24H,1-6,9-11,13H2/t14-,18+/m1/s1. The van der Waals surface area contributed by atoms with E-state index in [1.54, 1.807) is 0 Å². The van der Waals surface area contributed by atoms with E-state index in [9.17, 15) is 19.7 Å². The van der Waals surface area contributed by atoms with Crippen LogP contribution in [0.15, 0.2) is 18.2 Å². The Hall–Kier alpha value is -2.68. The summed E-state index contributed by atoms with van der Waals surface area (Å²) in [4.78, 5) is 37.6. The summed E-state index contributed by atoms with van der Waals surface area (Å²) in [6.45, 7) is 0.303. The number of likely N-dealkylation sites (tertiary alicyclic amines) is 1. The van der Waals surface area contributed by atoms with Crippen LogP contribution >= 0.6 is 0 Å². The zero-order chi connectivity index (χ0) is 20.8. The number of nitrogens with zero attached hydrogens (tertiary/aromatic N) is 2. The number of esters is 1. The predicted molar refractivity (Wildman–Crippen MR) is 106 cm³/mol. The quantitative estimate of drug-likeness (QED) is 0.405. The molecule has 1 heterocycles. The van der Waals surface area contributed by atoms with Gasteiger partial charge in [-0.2, -0.15) is 0 Å². The molecule has 1 amide bonds. The zero-order valence-electron chi connectivity index (χ0n) is 16.3. The lowest BCUT2D eigenvalue weighted by molar-refractivity contribution is -0.384. The van der Waals surface area contributed by atoms with E-state index in [0.717, 1.165) is 38.2 Å². The molecule has 1 saturated carbocycles. The molecule has 29 heavy (non-hydrogen) atoms. The number of amides is 1. The van der Waals surface area contributed by atoms with Crippen LogP contribution in [0.1, 0.15) is 48.9 Å². The summed E-state index contributed by atoms with van der Waals surface area (Å²) in [5.41, 5.74) is 0.0287. The summed E-state index contributed by atoms with van der Waals surface area (Å²) in [7, 11) is 0. The molecule has 1 aliphatic carbocycles. The maximum atomic E-state index is 12.7. The van der Waals surface area contributed by atoms with Gasteiger partial charge in [0.25, 0.3) is 11.6 Å². The number of carbonyl (C=O) groups is 2. The third kappa shape index (κ3) is 5.03. The Morgan fingerprint density at radius 1 is 1.24 bits per heavy atom. The summed E-state index contributed by atoms with van der Waals surface area (Å²) < 4.78 is 5.22. The van der Waals surface area contributed by atoms with E-state index < -0.39 is 10.9 Å². The molecule has 3 rings (SSSR count). The molecule has 1 aliphatic heterocycles. The number of aliphatic hydroxyl groups is 1. The monoisotopic (exact) mass is 405 g/mol. The average molecular weight is 405 g/mol. The first-order valence-corrected chi connectivity index (χ1v) is 10.1. The topological polar surface area (TPSA) is 122 Å². The van der Waals surface area contributed by atoms with Crippen molar-refractivity contribution < 1.29 is 24.4 Å². The lowest BCUT2D eigenvalue weighted by atomic mass is 9.78. The third-order valence-electron chi connectivity index (χ3n) is 5.75. The fourth-order valence-electron chi connectivity index (χ4n) is 4.38. The van der Waals surface area contributed by atoms with Crippen molar-refractivity contribution in [1.82, 2.24) is 4.90 Å². The van der Waals surface area contributed by atoms with Crippen LogP contribution in [0, 0.1) is 16.0 Å². The molecule has 0 unspecified atom stereocenters. The van der Waals surface area contributed by atoms with Crippen molar-refractivity contribution in [2.45, 2.75) is 44.6 Å². The van der Waals surface area contributed by atoms with E-state index in [0.29, 0.717) is 18.2 Å². The van der Waals surface area contributed by atoms with Crippen molar-refractivity contribution >= 4 is 23.3 Å². The van der Waals surface area contributed by atoms with Gasteiger partial charge in [-0.1, -0.05) is 12.8 Å². The second-order valence-corrected chi connectivity index (χ2v) is 7.55. The molecule has 0 spiro atoms. The Bertz CT molecular complexity index is 767. The second-order valence-electron chi connectivity index (χ2n) is 7.55. The highest BCUT2D eigenvalue weighted by Crippen LogP contribution is 2.35. The number of nitro groups is 1. The van der Waals surface area contributed by atoms with Gasteiger partial charge < -0.3 is 20.1 Å². The van der Waals surface area contributed by atoms with Gasteiger partial charge in [-0.05, 0) is 37.7 Å². The third-order valence-corrected chi connectivity index (χ3v) is 5.75. The van der Waals surface area contributed by atoms with E-state index >= 15 is 0 Å². The Morgan fingerprint density at radius 3 is 2.76 bits per heavy atom. The molecular weight excluding hydrogens is 378 g/mol. The first kappa shape index (κ1) is 21.0. The summed E-state index contributed by atoms with van der Waals surface area (Å²) >= 11 is 0. The maximum absolute atomic E-state index is 12.7. The lowest BCUT2D eigenvalue weighted by Crippen LogP contribution is -2.50. The van der Waals surface area contributed by atoms with Crippen LogP contribution in [0.5, 0.6) is 0 Å². The fraction of sp³-hybridized carbons (Fsp3) is 0.600. The highest BCUT2D eigenvalue weighted by Gasteiger charge is 2.36. The fourth-order valence-corrected chi connectivity index (χ4v) is 4.38. The number of nitrogens with one attached hydrogen (secondary N) is 1. The van der Waals surface area contributed by atoms with Gasteiger partial charge in [-0.3, -0.25) is 14.9 Å². The number of carbonyl (C=O) groups excluding carboxylic acids is 2. The van der Waals surface area contributed by atoms with Crippen LogP contribution in [-0.2, 0) is 9.53 Å². The Kier molecular flexibility index (Phi) is 7.03. The molecule has 0 radical (unpaired) electrons. The number of non-ortho nitro benzene ring substituents is 1. The number of rotatable bonds is 7. The minimum Gasteiger partial charge on any atom is -0.452 e. The number of ether oxygens (including phenoxy) is 1. The summed E-state index contributed by atoms with van der Waals surface area (Å²) in [6, 6.07) is 4.00. The smallest absolute Gasteiger partial charge is 0.341 e. The molecule has 1 aromatic rings. The molecule has 0 bridgehead atoms. The van der Waals surface area contributed by atoms with Crippen molar-refractivity contribution in [3.05, 3.63) is 33.9 Å².